The summed E-state index contributed by atoms with van der Waals surface area (Å²) in [6.07, 6.45) is 3.04. The molecule has 2 aromatic rings. The Hall–Kier alpha value is -1.35. The average molecular weight is 189 g/mol. The standard InChI is InChI=1S/C11H15N3/c1-3-11-13-9(8-12-2)10-6-4-5-7-14(10)11/h4-7,12H,3,8H2,1-2H3. The van der Waals surface area contributed by atoms with Gasteiger partial charge in [0.2, 0.25) is 0 Å². The molecule has 2 aromatic heterocycles. The molecule has 1 N–H and O–H groups in total. The third kappa shape index (κ3) is 1.40. The van der Waals surface area contributed by atoms with E-state index in [2.05, 4.69) is 40.0 Å². The molecule has 0 saturated carbocycles. The third-order valence-corrected chi connectivity index (χ3v) is 2.36. The van der Waals surface area contributed by atoms with Crippen molar-refractivity contribution in [2.75, 3.05) is 7.05 Å². The van der Waals surface area contributed by atoms with Gasteiger partial charge in [-0.25, -0.2) is 4.98 Å². The van der Waals surface area contributed by atoms with Crippen molar-refractivity contribution in [3.8, 4) is 0 Å². The Morgan fingerprint density at radius 3 is 3.00 bits per heavy atom. The van der Waals surface area contributed by atoms with Crippen molar-refractivity contribution in [2.45, 2.75) is 19.9 Å². The lowest BCUT2D eigenvalue weighted by atomic mass is 10.3. The molecule has 0 bridgehead atoms. The number of rotatable bonds is 3. The first-order valence-electron chi connectivity index (χ1n) is 4.96. The highest BCUT2D eigenvalue weighted by atomic mass is 15.0. The molecule has 0 aromatic carbocycles. The zero-order chi connectivity index (χ0) is 9.97. The van der Waals surface area contributed by atoms with Crippen LogP contribution in [0, 0.1) is 0 Å². The zero-order valence-electron chi connectivity index (χ0n) is 8.62. The second kappa shape index (κ2) is 3.80. The minimum Gasteiger partial charge on any atom is -0.314 e. The predicted molar refractivity (Wildman–Crippen MR) is 57.3 cm³/mol. The monoisotopic (exact) mass is 189 g/mol. The molecule has 0 aliphatic rings. The summed E-state index contributed by atoms with van der Waals surface area (Å²) >= 11 is 0. The summed E-state index contributed by atoms with van der Waals surface area (Å²) in [5.74, 6) is 1.13. The molecule has 0 spiro atoms. The van der Waals surface area contributed by atoms with Gasteiger partial charge in [0.25, 0.3) is 0 Å². The van der Waals surface area contributed by atoms with Crippen molar-refractivity contribution in [3.63, 3.8) is 0 Å². The van der Waals surface area contributed by atoms with Gasteiger partial charge in [-0.1, -0.05) is 13.0 Å². The summed E-state index contributed by atoms with van der Waals surface area (Å²) in [6.45, 7) is 2.96. The van der Waals surface area contributed by atoms with Crippen LogP contribution in [-0.4, -0.2) is 16.4 Å². The van der Waals surface area contributed by atoms with Crippen LogP contribution >= 0.6 is 0 Å². The van der Waals surface area contributed by atoms with Crippen molar-refractivity contribution in [3.05, 3.63) is 35.9 Å². The summed E-state index contributed by atoms with van der Waals surface area (Å²) in [4.78, 5) is 4.60. The van der Waals surface area contributed by atoms with E-state index in [1.165, 1.54) is 5.52 Å². The van der Waals surface area contributed by atoms with Crippen LogP contribution in [0.2, 0.25) is 0 Å². The van der Waals surface area contributed by atoms with Crippen LogP contribution in [0.3, 0.4) is 0 Å². The smallest absolute Gasteiger partial charge is 0.113 e. The van der Waals surface area contributed by atoms with Gasteiger partial charge in [0.1, 0.15) is 5.82 Å². The summed E-state index contributed by atoms with van der Waals surface area (Å²) in [7, 11) is 1.94. The molecule has 0 fully saturated rings. The third-order valence-electron chi connectivity index (χ3n) is 2.36. The summed E-state index contributed by atoms with van der Waals surface area (Å²) in [6, 6.07) is 6.20. The van der Waals surface area contributed by atoms with Crippen LogP contribution < -0.4 is 5.32 Å². The first-order chi connectivity index (χ1) is 6.86. The van der Waals surface area contributed by atoms with Crippen molar-refractivity contribution < 1.29 is 0 Å². The van der Waals surface area contributed by atoms with Gasteiger partial charge in [-0.05, 0) is 19.2 Å². The largest absolute Gasteiger partial charge is 0.314 e. The van der Waals surface area contributed by atoms with Crippen molar-refractivity contribution in [1.29, 1.82) is 0 Å². The number of hydrogen-bond donors (Lipinski definition) is 1. The molecule has 0 unspecified atom stereocenters. The Labute approximate surface area is 83.8 Å². The van der Waals surface area contributed by atoms with E-state index in [1.54, 1.807) is 0 Å². The number of fused-ring (bicyclic) bond motifs is 1. The lowest BCUT2D eigenvalue weighted by Crippen LogP contribution is -2.05. The van der Waals surface area contributed by atoms with Crippen LogP contribution in [0.5, 0.6) is 0 Å². The highest BCUT2D eigenvalue weighted by Gasteiger charge is 2.07. The Bertz CT molecular complexity index is 431. The fraction of sp³-hybridized carbons (Fsp3) is 0.364. The summed E-state index contributed by atoms with van der Waals surface area (Å²) in [5, 5.41) is 3.14. The molecule has 0 saturated heterocycles. The molecule has 2 rings (SSSR count). The fourth-order valence-corrected chi connectivity index (χ4v) is 1.72. The van der Waals surface area contributed by atoms with Gasteiger partial charge in [-0.2, -0.15) is 0 Å². The Morgan fingerprint density at radius 2 is 2.29 bits per heavy atom. The van der Waals surface area contributed by atoms with Crippen molar-refractivity contribution in [1.82, 2.24) is 14.7 Å². The normalized spacial score (nSPS) is 11.0. The van der Waals surface area contributed by atoms with Crippen LogP contribution in [-0.2, 0) is 13.0 Å². The molecule has 74 valence electrons. The Morgan fingerprint density at radius 1 is 1.43 bits per heavy atom. The molecule has 0 radical (unpaired) electrons. The van der Waals surface area contributed by atoms with Crippen LogP contribution in [0.15, 0.2) is 24.4 Å². The summed E-state index contributed by atoms with van der Waals surface area (Å²) in [5.41, 5.74) is 2.34. The molecular weight excluding hydrogens is 174 g/mol. The first-order valence-corrected chi connectivity index (χ1v) is 4.96. The zero-order valence-corrected chi connectivity index (χ0v) is 8.62. The van der Waals surface area contributed by atoms with Gasteiger partial charge < -0.3 is 9.72 Å². The first kappa shape index (κ1) is 9.21. The summed E-state index contributed by atoms with van der Waals surface area (Å²) < 4.78 is 2.16. The number of imidazole rings is 1. The molecule has 0 aliphatic carbocycles. The second-order valence-corrected chi connectivity index (χ2v) is 3.31. The second-order valence-electron chi connectivity index (χ2n) is 3.31. The van der Waals surface area contributed by atoms with E-state index in [-0.39, 0.29) is 0 Å². The highest BCUT2D eigenvalue weighted by Crippen LogP contribution is 2.12. The molecule has 0 aliphatic heterocycles. The van der Waals surface area contributed by atoms with E-state index in [4.69, 9.17) is 0 Å². The minimum absolute atomic E-state index is 0.827. The number of aromatic nitrogens is 2. The molecule has 3 heteroatoms. The highest BCUT2D eigenvalue weighted by molar-refractivity contribution is 5.53. The maximum absolute atomic E-state index is 4.60. The van der Waals surface area contributed by atoms with E-state index in [0.717, 1.165) is 24.5 Å². The van der Waals surface area contributed by atoms with Gasteiger partial charge in [0.05, 0.1) is 11.2 Å². The van der Waals surface area contributed by atoms with E-state index in [9.17, 15) is 0 Å². The quantitative estimate of drug-likeness (QED) is 0.795. The van der Waals surface area contributed by atoms with Gasteiger partial charge in [-0.15, -0.1) is 0 Å². The number of nitrogens with zero attached hydrogens (tertiary/aromatic N) is 2. The Kier molecular flexibility index (Phi) is 2.50. The van der Waals surface area contributed by atoms with E-state index >= 15 is 0 Å². The lowest BCUT2D eigenvalue weighted by Gasteiger charge is -1.97. The van der Waals surface area contributed by atoms with Crippen LogP contribution in [0.25, 0.3) is 5.52 Å². The predicted octanol–water partition coefficient (Wildman–Crippen LogP) is 1.62. The maximum Gasteiger partial charge on any atom is 0.113 e. The van der Waals surface area contributed by atoms with Crippen LogP contribution in [0.4, 0.5) is 0 Å². The van der Waals surface area contributed by atoms with Gasteiger partial charge in [-0.3, -0.25) is 0 Å². The molecule has 0 atom stereocenters. The number of nitrogens with one attached hydrogen (secondary N) is 1. The van der Waals surface area contributed by atoms with Gasteiger partial charge in [0, 0.05) is 19.2 Å². The number of pyridine rings is 1. The minimum atomic E-state index is 0.827. The number of aryl methyl sites for hydroxylation is 1. The van der Waals surface area contributed by atoms with E-state index in [0.29, 0.717) is 0 Å². The SMILES string of the molecule is CCc1nc(CNC)c2ccccn12. The van der Waals surface area contributed by atoms with Crippen LogP contribution in [0.1, 0.15) is 18.4 Å². The average Bonchev–Trinajstić information content (AvgIpc) is 2.58. The van der Waals surface area contributed by atoms with Crippen molar-refractivity contribution in [2.24, 2.45) is 0 Å². The molecule has 0 amide bonds. The fourth-order valence-electron chi connectivity index (χ4n) is 1.72. The van der Waals surface area contributed by atoms with Gasteiger partial charge >= 0.3 is 0 Å². The molecule has 2 heterocycles. The van der Waals surface area contributed by atoms with Crippen molar-refractivity contribution >= 4 is 5.52 Å². The van der Waals surface area contributed by atoms with Gasteiger partial charge in [0.15, 0.2) is 0 Å². The van der Waals surface area contributed by atoms with E-state index < -0.39 is 0 Å². The Balaban J connectivity index is 2.61. The molecule has 14 heavy (non-hydrogen) atoms. The topological polar surface area (TPSA) is 29.3 Å². The van der Waals surface area contributed by atoms with E-state index in [1.807, 2.05) is 13.1 Å². The molecule has 3 nitrogen and oxygen atoms in total. The number of hydrogen-bond acceptors (Lipinski definition) is 2. The lowest BCUT2D eigenvalue weighted by molar-refractivity contribution is 0.796. The molecular formula is C11H15N3. The maximum atomic E-state index is 4.60.